The van der Waals surface area contributed by atoms with Crippen molar-refractivity contribution < 1.29 is 9.53 Å². The number of carbonyl (C=O) groups is 1. The van der Waals surface area contributed by atoms with E-state index in [4.69, 9.17) is 4.74 Å². The molecule has 0 radical (unpaired) electrons. The first-order valence-corrected chi connectivity index (χ1v) is 10.6. The van der Waals surface area contributed by atoms with E-state index in [0.29, 0.717) is 24.0 Å². The first kappa shape index (κ1) is 18.2. The number of aryl methyl sites for hydroxylation is 2. The summed E-state index contributed by atoms with van der Waals surface area (Å²) in [6.07, 6.45) is 1.73. The van der Waals surface area contributed by atoms with Gasteiger partial charge in [-0.2, -0.15) is 0 Å². The molecule has 0 aliphatic carbocycles. The van der Waals surface area contributed by atoms with Crippen molar-refractivity contribution in [2.75, 3.05) is 18.8 Å². The van der Waals surface area contributed by atoms with Gasteiger partial charge in [0.1, 0.15) is 6.10 Å². The number of thiazole rings is 1. The predicted octanol–water partition coefficient (Wildman–Crippen LogP) is 2.29. The van der Waals surface area contributed by atoms with Crippen molar-refractivity contribution in [2.24, 2.45) is 7.05 Å². The van der Waals surface area contributed by atoms with E-state index >= 15 is 0 Å². The number of fused-ring (bicyclic) bond motifs is 1. The number of carbonyl (C=O) groups excluding carboxylic acids is 1. The molecule has 10 heteroatoms. The van der Waals surface area contributed by atoms with Crippen molar-refractivity contribution in [3.63, 3.8) is 0 Å². The van der Waals surface area contributed by atoms with Gasteiger partial charge < -0.3 is 9.64 Å². The van der Waals surface area contributed by atoms with Crippen LogP contribution in [0.1, 0.15) is 18.4 Å². The maximum absolute atomic E-state index is 12.4. The molecule has 0 N–H and O–H groups in total. The number of rotatable bonds is 5. The summed E-state index contributed by atoms with van der Waals surface area (Å²) in [5, 5.41) is 12.6. The van der Waals surface area contributed by atoms with Gasteiger partial charge in [-0.05, 0) is 29.0 Å². The van der Waals surface area contributed by atoms with Crippen LogP contribution >= 0.6 is 23.1 Å². The average Bonchev–Trinajstić information content (AvgIpc) is 3.27. The molecule has 3 heterocycles. The summed E-state index contributed by atoms with van der Waals surface area (Å²) in [5.74, 6) is 0.453. The van der Waals surface area contributed by atoms with Crippen molar-refractivity contribution >= 4 is 39.2 Å². The van der Waals surface area contributed by atoms with Crippen LogP contribution in [0.5, 0.6) is 5.19 Å². The highest BCUT2D eigenvalue weighted by atomic mass is 32.2. The third kappa shape index (κ3) is 4.06. The Hall–Kier alpha value is -2.20. The van der Waals surface area contributed by atoms with E-state index in [2.05, 4.69) is 39.6 Å². The number of ether oxygens (including phenoxy) is 1. The van der Waals surface area contributed by atoms with E-state index in [9.17, 15) is 4.79 Å². The van der Waals surface area contributed by atoms with Crippen molar-refractivity contribution in [3.8, 4) is 5.19 Å². The van der Waals surface area contributed by atoms with Crippen LogP contribution in [0, 0.1) is 6.92 Å². The molecule has 1 fully saturated rings. The molecule has 1 aliphatic rings. The number of benzene rings is 1. The van der Waals surface area contributed by atoms with Gasteiger partial charge >= 0.3 is 0 Å². The number of nitrogens with zero attached hydrogens (tertiary/aromatic N) is 6. The van der Waals surface area contributed by atoms with Crippen molar-refractivity contribution in [2.45, 2.75) is 31.0 Å². The van der Waals surface area contributed by atoms with Gasteiger partial charge in [0.15, 0.2) is 0 Å². The van der Waals surface area contributed by atoms with E-state index in [-0.39, 0.29) is 12.0 Å². The fourth-order valence-corrected chi connectivity index (χ4v) is 4.75. The van der Waals surface area contributed by atoms with Crippen LogP contribution in [-0.4, -0.2) is 60.9 Å². The molecule has 2 aromatic heterocycles. The number of likely N-dealkylation sites (tertiary alicyclic amines) is 1. The Balaban J connectivity index is 1.28. The summed E-state index contributed by atoms with van der Waals surface area (Å²) in [6.45, 7) is 3.46. The molecule has 27 heavy (non-hydrogen) atoms. The quantitative estimate of drug-likeness (QED) is 0.603. The summed E-state index contributed by atoms with van der Waals surface area (Å²) in [7, 11) is 1.76. The zero-order chi connectivity index (χ0) is 18.8. The predicted molar refractivity (Wildman–Crippen MR) is 104 cm³/mol. The van der Waals surface area contributed by atoms with Crippen molar-refractivity contribution in [1.29, 1.82) is 0 Å². The Bertz CT molecular complexity index is 948. The van der Waals surface area contributed by atoms with E-state index < -0.39 is 0 Å². The van der Waals surface area contributed by atoms with Gasteiger partial charge in [-0.1, -0.05) is 35.2 Å². The zero-order valence-corrected chi connectivity index (χ0v) is 16.8. The lowest BCUT2D eigenvalue weighted by molar-refractivity contribution is -0.130. The van der Waals surface area contributed by atoms with E-state index in [1.807, 2.05) is 11.0 Å². The summed E-state index contributed by atoms with van der Waals surface area (Å²) >= 11 is 2.94. The molecule has 0 atom stereocenters. The molecule has 1 aromatic carbocycles. The van der Waals surface area contributed by atoms with Crippen LogP contribution in [0.15, 0.2) is 23.4 Å². The molecule has 0 spiro atoms. The van der Waals surface area contributed by atoms with Crippen LogP contribution in [0.3, 0.4) is 0 Å². The van der Waals surface area contributed by atoms with Gasteiger partial charge in [-0.25, -0.2) is 9.67 Å². The first-order valence-electron chi connectivity index (χ1n) is 8.76. The number of para-hydroxylation sites is 1. The van der Waals surface area contributed by atoms with E-state index in [0.717, 1.165) is 33.8 Å². The molecule has 142 valence electrons. The molecule has 0 bridgehead atoms. The Morgan fingerprint density at radius 1 is 1.37 bits per heavy atom. The fraction of sp³-hybridized carbons (Fsp3) is 0.471. The third-order valence-corrected chi connectivity index (χ3v) is 6.48. The van der Waals surface area contributed by atoms with Gasteiger partial charge in [0.25, 0.3) is 5.19 Å². The normalized spacial score (nSPS) is 15.4. The largest absolute Gasteiger partial charge is 0.467 e. The number of piperidine rings is 1. The standard InChI is InChI=1S/C17H20N6O2S2/c1-11-4-3-5-13-15(11)18-17(27-13)25-12-6-8-23(9-7-12)14(24)10-26-16-19-20-21-22(16)2/h3-5,12H,6-10H2,1-2H3. The first-order chi connectivity index (χ1) is 13.1. The van der Waals surface area contributed by atoms with Gasteiger partial charge in [0.2, 0.25) is 11.1 Å². The summed E-state index contributed by atoms with van der Waals surface area (Å²) in [4.78, 5) is 18.9. The number of tetrazole rings is 1. The number of hydrogen-bond acceptors (Lipinski definition) is 8. The lowest BCUT2D eigenvalue weighted by atomic mass is 10.1. The van der Waals surface area contributed by atoms with E-state index in [1.165, 1.54) is 11.8 Å². The number of thioether (sulfide) groups is 1. The second-order valence-electron chi connectivity index (χ2n) is 6.47. The number of aromatic nitrogens is 5. The Kier molecular flexibility index (Phi) is 5.26. The van der Waals surface area contributed by atoms with Gasteiger partial charge in [-0.15, -0.1) is 5.10 Å². The number of amides is 1. The molecule has 0 saturated carbocycles. The molecule has 1 amide bonds. The maximum Gasteiger partial charge on any atom is 0.274 e. The summed E-state index contributed by atoms with van der Waals surface area (Å²) in [6, 6.07) is 6.17. The van der Waals surface area contributed by atoms with Gasteiger partial charge in [0, 0.05) is 33.0 Å². The Morgan fingerprint density at radius 2 is 2.19 bits per heavy atom. The molecule has 8 nitrogen and oxygen atoms in total. The Morgan fingerprint density at radius 3 is 2.89 bits per heavy atom. The molecular formula is C17H20N6O2S2. The molecule has 3 aromatic rings. The molecule has 1 aliphatic heterocycles. The lowest BCUT2D eigenvalue weighted by Crippen LogP contribution is -2.42. The summed E-state index contributed by atoms with van der Waals surface area (Å²) < 4.78 is 8.81. The average molecular weight is 405 g/mol. The van der Waals surface area contributed by atoms with Crippen molar-refractivity contribution in [3.05, 3.63) is 23.8 Å². The molecular weight excluding hydrogens is 384 g/mol. The fourth-order valence-electron chi connectivity index (χ4n) is 3.04. The van der Waals surface area contributed by atoms with Crippen LogP contribution in [-0.2, 0) is 11.8 Å². The Labute approximate surface area is 164 Å². The second-order valence-corrected chi connectivity index (χ2v) is 8.41. The smallest absolute Gasteiger partial charge is 0.274 e. The lowest BCUT2D eigenvalue weighted by Gasteiger charge is -2.31. The highest BCUT2D eigenvalue weighted by Gasteiger charge is 2.25. The molecule has 4 rings (SSSR count). The van der Waals surface area contributed by atoms with Crippen molar-refractivity contribution in [1.82, 2.24) is 30.1 Å². The molecule has 1 saturated heterocycles. The van der Waals surface area contributed by atoms with Crippen LogP contribution in [0.2, 0.25) is 0 Å². The van der Waals surface area contributed by atoms with Crippen LogP contribution in [0.4, 0.5) is 0 Å². The SMILES string of the molecule is Cc1cccc2sc(OC3CCN(C(=O)CSc4nnnn4C)CC3)nc12. The second kappa shape index (κ2) is 7.81. The highest BCUT2D eigenvalue weighted by molar-refractivity contribution is 7.99. The van der Waals surface area contributed by atoms with Gasteiger partial charge in [0.05, 0.1) is 16.0 Å². The minimum Gasteiger partial charge on any atom is -0.467 e. The van der Waals surface area contributed by atoms with Crippen LogP contribution in [0.25, 0.3) is 10.2 Å². The highest BCUT2D eigenvalue weighted by Crippen LogP contribution is 2.31. The minimum atomic E-state index is 0.102. The monoisotopic (exact) mass is 404 g/mol. The van der Waals surface area contributed by atoms with E-state index in [1.54, 1.807) is 23.1 Å². The van der Waals surface area contributed by atoms with Gasteiger partial charge in [-0.3, -0.25) is 4.79 Å². The zero-order valence-electron chi connectivity index (χ0n) is 15.2. The third-order valence-electron chi connectivity index (χ3n) is 4.57. The maximum atomic E-state index is 12.4. The summed E-state index contributed by atoms with van der Waals surface area (Å²) in [5.41, 5.74) is 2.18. The number of hydrogen-bond donors (Lipinski definition) is 0. The van der Waals surface area contributed by atoms with Crippen LogP contribution < -0.4 is 4.74 Å². The topological polar surface area (TPSA) is 86.0 Å². The molecule has 0 unspecified atom stereocenters. The minimum absolute atomic E-state index is 0.102.